The lowest BCUT2D eigenvalue weighted by Crippen LogP contribution is -2.46. The normalized spacial score (nSPS) is 24.0. The number of hydrazone groups is 1. The number of carbonyl (C=O) groups is 1. The number of anilines is 1. The lowest BCUT2D eigenvalue weighted by atomic mass is 9.89. The summed E-state index contributed by atoms with van der Waals surface area (Å²) in [6.07, 6.45) is 2.00. The number of fused-ring (bicyclic) bond motifs is 1. The second-order valence-corrected chi connectivity index (χ2v) is 6.90. The molecule has 4 rings (SSSR count). The molecule has 2 N–H and O–H groups in total. The summed E-state index contributed by atoms with van der Waals surface area (Å²) in [7, 11) is 0. The minimum Gasteiger partial charge on any atom is -0.486 e. The van der Waals surface area contributed by atoms with Gasteiger partial charge in [-0.2, -0.15) is 0 Å². The van der Waals surface area contributed by atoms with Crippen LogP contribution in [0.15, 0.2) is 17.2 Å². The Balaban J connectivity index is 1.64. The van der Waals surface area contributed by atoms with Crippen LogP contribution in [0.4, 0.5) is 10.1 Å². The Morgan fingerprint density at radius 2 is 2.19 bits per heavy atom. The Labute approximate surface area is 151 Å². The van der Waals surface area contributed by atoms with Crippen molar-refractivity contribution in [3.63, 3.8) is 0 Å². The molecule has 8 heteroatoms. The molecule has 0 radical (unpaired) electrons. The smallest absolute Gasteiger partial charge is 0.242 e. The summed E-state index contributed by atoms with van der Waals surface area (Å²) < 4.78 is 25.7. The fraction of sp³-hybridized carbons (Fsp3) is 0.556. The van der Waals surface area contributed by atoms with Crippen molar-refractivity contribution in [2.24, 2.45) is 11.0 Å². The van der Waals surface area contributed by atoms with E-state index in [4.69, 9.17) is 9.47 Å². The first-order valence-electron chi connectivity index (χ1n) is 9.06. The van der Waals surface area contributed by atoms with Crippen LogP contribution in [0.5, 0.6) is 5.75 Å². The Morgan fingerprint density at radius 3 is 2.92 bits per heavy atom. The number of hydrogen-bond donors (Lipinski definition) is 2. The lowest BCUT2D eigenvalue weighted by Gasteiger charge is -2.41. The van der Waals surface area contributed by atoms with E-state index < -0.39 is 12.0 Å². The van der Waals surface area contributed by atoms with Crippen LogP contribution in [-0.4, -0.2) is 50.7 Å². The molecule has 7 nitrogen and oxygen atoms in total. The zero-order valence-corrected chi connectivity index (χ0v) is 14.7. The minimum atomic E-state index is -0.829. The highest BCUT2D eigenvalue weighted by Crippen LogP contribution is 2.38. The summed E-state index contributed by atoms with van der Waals surface area (Å²) in [4.78, 5) is 13.1. The van der Waals surface area contributed by atoms with Crippen LogP contribution in [0, 0.1) is 11.7 Å². The van der Waals surface area contributed by atoms with Crippen LogP contribution in [-0.2, 0) is 9.53 Å². The molecule has 1 aromatic carbocycles. The van der Waals surface area contributed by atoms with E-state index in [1.165, 1.54) is 6.07 Å². The molecule has 1 fully saturated rings. The van der Waals surface area contributed by atoms with Crippen molar-refractivity contribution in [3.05, 3.63) is 23.5 Å². The maximum Gasteiger partial charge on any atom is 0.242 e. The Bertz CT molecular complexity index is 721. The topological polar surface area (TPSA) is 75.2 Å². The third kappa shape index (κ3) is 3.09. The van der Waals surface area contributed by atoms with Gasteiger partial charge in [0.1, 0.15) is 6.61 Å². The fourth-order valence-corrected chi connectivity index (χ4v) is 3.92. The van der Waals surface area contributed by atoms with Crippen molar-refractivity contribution in [1.29, 1.82) is 0 Å². The van der Waals surface area contributed by atoms with Crippen LogP contribution in [0.2, 0.25) is 0 Å². The molecule has 0 amide bonds. The summed E-state index contributed by atoms with van der Waals surface area (Å²) in [5.41, 5.74) is 3.78. The highest BCUT2D eigenvalue weighted by atomic mass is 19.1. The summed E-state index contributed by atoms with van der Waals surface area (Å²) in [6, 6.07) is 3.45. The van der Waals surface area contributed by atoms with E-state index in [-0.39, 0.29) is 17.7 Å². The molecule has 140 valence electrons. The Morgan fingerprint density at radius 1 is 1.38 bits per heavy atom. The Kier molecular flexibility index (Phi) is 4.67. The van der Waals surface area contributed by atoms with Crippen molar-refractivity contribution < 1.29 is 18.7 Å². The summed E-state index contributed by atoms with van der Waals surface area (Å²) in [5, 5.41) is 7.37. The van der Waals surface area contributed by atoms with E-state index in [9.17, 15) is 9.18 Å². The summed E-state index contributed by atoms with van der Waals surface area (Å²) in [6.45, 7) is 5.41. The van der Waals surface area contributed by atoms with Gasteiger partial charge in [-0.25, -0.2) is 4.39 Å². The molecule has 0 spiro atoms. The first-order valence-corrected chi connectivity index (χ1v) is 9.06. The third-order valence-electron chi connectivity index (χ3n) is 5.37. The van der Waals surface area contributed by atoms with Gasteiger partial charge in [-0.1, -0.05) is 0 Å². The number of benzene rings is 1. The molecule has 1 unspecified atom stereocenters. The van der Waals surface area contributed by atoms with Crippen molar-refractivity contribution in [2.75, 3.05) is 31.1 Å². The van der Waals surface area contributed by atoms with Crippen molar-refractivity contribution in [3.8, 4) is 5.75 Å². The highest BCUT2D eigenvalue weighted by molar-refractivity contribution is 5.97. The number of nitrogens with one attached hydrogen (secondary N) is 2. The minimum absolute atomic E-state index is 0.212. The Hall–Kier alpha value is -2.35. The van der Waals surface area contributed by atoms with Crippen molar-refractivity contribution >= 4 is 17.9 Å². The molecule has 0 bridgehead atoms. The third-order valence-corrected chi connectivity index (χ3v) is 5.37. The maximum atomic E-state index is 14.7. The highest BCUT2D eigenvalue weighted by Gasteiger charge is 2.32. The molecular weight excluding hydrogens is 339 g/mol. The predicted molar refractivity (Wildman–Crippen MR) is 94.9 cm³/mol. The van der Waals surface area contributed by atoms with Gasteiger partial charge in [-0.3, -0.25) is 10.2 Å². The van der Waals surface area contributed by atoms with Crippen LogP contribution in [0.1, 0.15) is 25.3 Å². The molecular formula is C18H23FN4O3. The van der Waals surface area contributed by atoms with Gasteiger partial charge < -0.3 is 19.7 Å². The quantitative estimate of drug-likeness (QED) is 0.785. The average Bonchev–Trinajstić information content (AvgIpc) is 3.17. The average molecular weight is 362 g/mol. The number of aldehydes is 1. The first-order chi connectivity index (χ1) is 12.7. The van der Waals surface area contributed by atoms with Gasteiger partial charge in [0.15, 0.2) is 17.9 Å². The predicted octanol–water partition coefficient (Wildman–Crippen LogP) is 1.22. The zero-order valence-electron chi connectivity index (χ0n) is 14.7. The van der Waals surface area contributed by atoms with Crippen LogP contribution < -0.4 is 20.4 Å². The number of rotatable bonds is 4. The van der Waals surface area contributed by atoms with E-state index in [1.807, 2.05) is 6.07 Å². The van der Waals surface area contributed by atoms with Crippen molar-refractivity contribution in [1.82, 2.24) is 10.7 Å². The summed E-state index contributed by atoms with van der Waals surface area (Å²) in [5.74, 6) is 0.596. The number of carbonyl (C=O) groups excluding carboxylic acids is 1. The molecule has 0 aliphatic carbocycles. The molecule has 1 aromatic rings. The van der Waals surface area contributed by atoms with Crippen molar-refractivity contribution in [2.45, 2.75) is 32.0 Å². The monoisotopic (exact) mass is 362 g/mol. The molecule has 0 aromatic heterocycles. The molecule has 26 heavy (non-hydrogen) atoms. The molecule has 0 saturated carbocycles. The number of nitrogens with zero attached hydrogens (tertiary/aromatic N) is 2. The standard InChI is InChI=1S/C18H23FN4O3/c1-11(12-2-4-20-5-3-12)23-6-7-25-17-14(19)8-13(9-15(17)23)18-22-21-16(10-24)26-18/h8-12,16,20-21H,2-7H2,1H3/t11-,16?/m0/s1. The van der Waals surface area contributed by atoms with Crippen LogP contribution in [0.3, 0.4) is 0 Å². The van der Waals surface area contributed by atoms with Gasteiger partial charge in [0.25, 0.3) is 0 Å². The number of hydrogen-bond acceptors (Lipinski definition) is 7. The van der Waals surface area contributed by atoms with E-state index in [0.29, 0.717) is 30.9 Å². The van der Waals surface area contributed by atoms with Crippen LogP contribution in [0.25, 0.3) is 0 Å². The maximum absolute atomic E-state index is 14.7. The van der Waals surface area contributed by atoms with Gasteiger partial charge >= 0.3 is 0 Å². The number of piperidine rings is 1. The first kappa shape index (κ1) is 17.1. The lowest BCUT2D eigenvalue weighted by molar-refractivity contribution is -0.114. The SMILES string of the molecule is C[C@@H](C1CCNCC1)N1CCOc2c(F)cc(C3=NNC(C=O)O3)cc21. The van der Waals surface area contributed by atoms with Gasteiger partial charge in [-0.05, 0) is 50.9 Å². The molecule has 3 aliphatic rings. The molecule has 3 heterocycles. The van der Waals surface area contributed by atoms with Gasteiger partial charge in [0.2, 0.25) is 12.1 Å². The van der Waals surface area contributed by atoms with E-state index in [2.05, 4.69) is 27.7 Å². The van der Waals surface area contributed by atoms with Gasteiger partial charge in [0, 0.05) is 11.6 Å². The fourth-order valence-electron chi connectivity index (χ4n) is 3.92. The molecule has 1 saturated heterocycles. The van der Waals surface area contributed by atoms with E-state index >= 15 is 0 Å². The largest absolute Gasteiger partial charge is 0.486 e. The second-order valence-electron chi connectivity index (χ2n) is 6.90. The number of halogens is 1. The van der Waals surface area contributed by atoms with Crippen LogP contribution >= 0.6 is 0 Å². The molecule has 2 atom stereocenters. The van der Waals surface area contributed by atoms with E-state index in [1.54, 1.807) is 0 Å². The van der Waals surface area contributed by atoms with Gasteiger partial charge in [-0.15, -0.1) is 5.10 Å². The van der Waals surface area contributed by atoms with E-state index in [0.717, 1.165) is 31.6 Å². The van der Waals surface area contributed by atoms with Gasteiger partial charge in [0.05, 0.1) is 12.2 Å². The zero-order chi connectivity index (χ0) is 18.1. The molecule has 3 aliphatic heterocycles. The summed E-state index contributed by atoms with van der Waals surface area (Å²) >= 11 is 0. The number of ether oxygens (including phenoxy) is 2. The second kappa shape index (κ2) is 7.11.